The molecule has 0 amide bonds. The number of esters is 2. The largest absolute Gasteiger partial charge is 0.462 e. The van der Waals surface area contributed by atoms with Gasteiger partial charge in [-0.25, -0.2) is 0 Å². The number of hydrogen-bond donors (Lipinski definition) is 1. The van der Waals surface area contributed by atoms with Gasteiger partial charge < -0.3 is 14.6 Å². The summed E-state index contributed by atoms with van der Waals surface area (Å²) in [5.74, 6) is -0.596. The Morgan fingerprint density at radius 3 is 0.912 bits per heavy atom. The van der Waals surface area contributed by atoms with Gasteiger partial charge in [0.15, 0.2) is 6.10 Å². The first-order valence-corrected chi connectivity index (χ1v) is 29.8. The van der Waals surface area contributed by atoms with E-state index >= 15 is 0 Å². The van der Waals surface area contributed by atoms with Gasteiger partial charge in [-0.1, -0.05) is 274 Å². The molecule has 0 heterocycles. The van der Waals surface area contributed by atoms with Crippen LogP contribution in [0.4, 0.5) is 0 Å². The van der Waals surface area contributed by atoms with E-state index in [9.17, 15) is 14.7 Å². The molecule has 0 rings (SSSR count). The molecule has 0 aromatic heterocycles. The third-order valence-electron chi connectivity index (χ3n) is 13.3. The fourth-order valence-corrected chi connectivity index (χ4v) is 8.77. The Morgan fingerprint density at radius 1 is 0.338 bits per heavy atom. The predicted octanol–water partition coefficient (Wildman–Crippen LogP) is 20.2. The lowest BCUT2D eigenvalue weighted by atomic mass is 10.0. The van der Waals surface area contributed by atoms with Gasteiger partial charge in [-0.2, -0.15) is 0 Å². The van der Waals surface area contributed by atoms with Crippen molar-refractivity contribution >= 4 is 11.9 Å². The lowest BCUT2D eigenvalue weighted by Gasteiger charge is -2.15. The van der Waals surface area contributed by atoms with Crippen LogP contribution in [0.3, 0.4) is 0 Å². The maximum absolute atomic E-state index is 12.3. The summed E-state index contributed by atoms with van der Waals surface area (Å²) in [4.78, 5) is 24.5. The summed E-state index contributed by atoms with van der Waals surface area (Å²) in [6.45, 7) is 4.11. The molecule has 5 nitrogen and oxygen atoms in total. The van der Waals surface area contributed by atoms with Crippen molar-refractivity contribution in [3.8, 4) is 0 Å². The van der Waals surface area contributed by atoms with Crippen LogP contribution in [-0.2, 0) is 19.1 Å². The molecule has 5 heteroatoms. The molecule has 0 spiro atoms. The van der Waals surface area contributed by atoms with E-state index in [4.69, 9.17) is 9.47 Å². The number of ether oxygens (including phenoxy) is 2. The van der Waals surface area contributed by atoms with Gasteiger partial charge in [0.2, 0.25) is 0 Å². The molecule has 396 valence electrons. The van der Waals surface area contributed by atoms with Crippen molar-refractivity contribution in [2.24, 2.45) is 0 Å². The van der Waals surface area contributed by atoms with Crippen LogP contribution in [-0.4, -0.2) is 36.4 Å². The van der Waals surface area contributed by atoms with E-state index in [2.05, 4.69) is 74.6 Å². The van der Waals surface area contributed by atoms with Crippen LogP contribution in [0, 0.1) is 0 Å². The second-order valence-corrected chi connectivity index (χ2v) is 20.1. The third-order valence-corrected chi connectivity index (χ3v) is 13.3. The molecule has 0 aliphatic heterocycles. The summed E-state index contributed by atoms with van der Waals surface area (Å²) in [6, 6.07) is 0. The normalized spacial score (nSPS) is 12.6. The Hall–Kier alpha value is -2.40. The molecule has 0 aromatic carbocycles. The van der Waals surface area contributed by atoms with Gasteiger partial charge in [0.05, 0.1) is 6.61 Å². The third kappa shape index (κ3) is 56.2. The molecular weight excluding hydrogens is 837 g/mol. The molecule has 0 aliphatic carbocycles. The molecule has 68 heavy (non-hydrogen) atoms. The zero-order valence-corrected chi connectivity index (χ0v) is 45.4. The van der Waals surface area contributed by atoms with E-state index in [1.54, 1.807) is 0 Å². The van der Waals surface area contributed by atoms with Crippen molar-refractivity contribution < 1.29 is 24.2 Å². The molecule has 1 unspecified atom stereocenters. The van der Waals surface area contributed by atoms with Gasteiger partial charge in [0.25, 0.3) is 0 Å². The SMILES string of the molecule is CCCCC/C=C\C/C=C\CCCCCCCC(=O)OCC(CO)OC(=O)CCCCCCCCCCCCCCCCCCCCCCCCCC/C=C\C/C=C\C/C=C\CCCCCCC. The Kier molecular flexibility index (Phi) is 56.8. The average Bonchev–Trinajstić information content (AvgIpc) is 3.34. The van der Waals surface area contributed by atoms with Gasteiger partial charge in [-0.15, -0.1) is 0 Å². The number of rotatable bonds is 55. The van der Waals surface area contributed by atoms with Crippen LogP contribution in [0.15, 0.2) is 60.8 Å². The molecular formula is C63H114O5. The van der Waals surface area contributed by atoms with E-state index in [0.717, 1.165) is 64.2 Å². The number of allylic oxidation sites excluding steroid dienone is 10. The Bertz CT molecular complexity index is 1170. The highest BCUT2D eigenvalue weighted by Gasteiger charge is 2.16. The Balaban J connectivity index is 3.40. The summed E-state index contributed by atoms with van der Waals surface area (Å²) >= 11 is 0. The predicted molar refractivity (Wildman–Crippen MR) is 297 cm³/mol. The average molecular weight is 952 g/mol. The molecule has 0 saturated carbocycles. The zero-order valence-electron chi connectivity index (χ0n) is 45.4. The van der Waals surface area contributed by atoms with Gasteiger partial charge in [0.1, 0.15) is 6.61 Å². The van der Waals surface area contributed by atoms with Crippen LogP contribution in [0.5, 0.6) is 0 Å². The summed E-state index contributed by atoms with van der Waals surface area (Å²) < 4.78 is 10.7. The van der Waals surface area contributed by atoms with E-state index in [1.807, 2.05) is 0 Å². The minimum atomic E-state index is -0.777. The molecule has 0 fully saturated rings. The summed E-state index contributed by atoms with van der Waals surface area (Å²) in [7, 11) is 0. The van der Waals surface area contributed by atoms with Gasteiger partial charge in [0, 0.05) is 12.8 Å². The van der Waals surface area contributed by atoms with Crippen molar-refractivity contribution in [1.29, 1.82) is 0 Å². The van der Waals surface area contributed by atoms with Crippen LogP contribution in [0.1, 0.15) is 309 Å². The van der Waals surface area contributed by atoms with Gasteiger partial charge in [-0.05, 0) is 83.5 Å². The van der Waals surface area contributed by atoms with E-state index in [1.165, 1.54) is 218 Å². The first kappa shape index (κ1) is 65.6. The van der Waals surface area contributed by atoms with Crippen molar-refractivity contribution in [1.82, 2.24) is 0 Å². The number of aliphatic hydroxyl groups is 1. The minimum absolute atomic E-state index is 0.0709. The van der Waals surface area contributed by atoms with Gasteiger partial charge in [-0.3, -0.25) is 9.59 Å². The molecule has 0 bridgehead atoms. The summed E-state index contributed by atoms with van der Waals surface area (Å²) in [5.41, 5.74) is 0. The summed E-state index contributed by atoms with van der Waals surface area (Å²) in [6.07, 6.45) is 79.4. The highest BCUT2D eigenvalue weighted by Crippen LogP contribution is 2.17. The fourth-order valence-electron chi connectivity index (χ4n) is 8.77. The van der Waals surface area contributed by atoms with Crippen molar-refractivity contribution in [2.75, 3.05) is 13.2 Å². The quantitative estimate of drug-likeness (QED) is 0.0374. The monoisotopic (exact) mass is 951 g/mol. The maximum atomic E-state index is 12.3. The maximum Gasteiger partial charge on any atom is 0.306 e. The van der Waals surface area contributed by atoms with E-state index in [0.29, 0.717) is 12.8 Å². The number of unbranched alkanes of at least 4 members (excludes halogenated alkanes) is 37. The highest BCUT2D eigenvalue weighted by molar-refractivity contribution is 5.70. The van der Waals surface area contributed by atoms with Crippen molar-refractivity contribution in [3.63, 3.8) is 0 Å². The topological polar surface area (TPSA) is 72.8 Å². The standard InChI is InChI=1S/C63H114O5/c1-3-5-7-9-11-13-15-17-19-20-21-22-23-24-25-26-27-28-29-30-31-32-33-34-35-36-37-38-39-40-41-42-44-46-48-50-52-54-56-58-63(66)68-61(59-64)60-67-62(65)57-55-53-51-49-47-45-43-18-16-14-12-10-8-6-4-2/h12,14-15,17-18,20-21,23-24,43,61,64H,3-11,13,16,19,22,25-42,44-60H2,1-2H3/b14-12-,17-15-,21-20-,24-23-,43-18-. The first-order chi connectivity index (χ1) is 33.6. The highest BCUT2D eigenvalue weighted by atomic mass is 16.6. The molecule has 0 radical (unpaired) electrons. The molecule has 0 aliphatic rings. The fraction of sp³-hybridized carbons (Fsp3) is 0.810. The Labute approximate surface area is 423 Å². The van der Waals surface area contributed by atoms with Crippen molar-refractivity contribution in [3.05, 3.63) is 60.8 Å². The lowest BCUT2D eigenvalue weighted by Crippen LogP contribution is -2.28. The second-order valence-electron chi connectivity index (χ2n) is 20.1. The van der Waals surface area contributed by atoms with Crippen LogP contribution in [0.25, 0.3) is 0 Å². The molecule has 1 atom stereocenters. The van der Waals surface area contributed by atoms with E-state index in [-0.39, 0.29) is 25.2 Å². The number of carbonyl (C=O) groups excluding carboxylic acids is 2. The molecule has 0 aromatic rings. The van der Waals surface area contributed by atoms with Crippen LogP contribution < -0.4 is 0 Å². The molecule has 1 N–H and O–H groups in total. The van der Waals surface area contributed by atoms with E-state index < -0.39 is 6.10 Å². The summed E-state index contributed by atoms with van der Waals surface area (Å²) in [5, 5.41) is 9.63. The zero-order chi connectivity index (χ0) is 49.2. The minimum Gasteiger partial charge on any atom is -0.462 e. The van der Waals surface area contributed by atoms with Crippen LogP contribution >= 0.6 is 0 Å². The number of carbonyl (C=O) groups is 2. The first-order valence-electron chi connectivity index (χ1n) is 29.8. The number of aliphatic hydroxyl groups excluding tert-OH is 1. The van der Waals surface area contributed by atoms with Crippen molar-refractivity contribution in [2.45, 2.75) is 315 Å². The van der Waals surface area contributed by atoms with Crippen LogP contribution in [0.2, 0.25) is 0 Å². The van der Waals surface area contributed by atoms with Gasteiger partial charge >= 0.3 is 11.9 Å². The smallest absolute Gasteiger partial charge is 0.306 e. The Morgan fingerprint density at radius 2 is 0.588 bits per heavy atom. The molecule has 0 saturated heterocycles. The number of hydrogen-bond acceptors (Lipinski definition) is 5. The second kappa shape index (κ2) is 58.9. The lowest BCUT2D eigenvalue weighted by molar-refractivity contribution is -0.161.